The molecule has 4 atom stereocenters. The van der Waals surface area contributed by atoms with E-state index in [1.54, 1.807) is 0 Å². The van der Waals surface area contributed by atoms with Gasteiger partial charge in [0.2, 0.25) is 0 Å². The Morgan fingerprint density at radius 3 is 2.85 bits per heavy atom. The molecule has 0 aromatic heterocycles. The van der Waals surface area contributed by atoms with Gasteiger partial charge >= 0.3 is 0 Å². The summed E-state index contributed by atoms with van der Waals surface area (Å²) < 4.78 is 18.5. The van der Waals surface area contributed by atoms with Gasteiger partial charge in [-0.1, -0.05) is 45.4 Å². The molecule has 0 saturated carbocycles. The highest BCUT2D eigenvalue weighted by Crippen LogP contribution is 2.34. The van der Waals surface area contributed by atoms with E-state index in [2.05, 4.69) is 32.2 Å². The van der Waals surface area contributed by atoms with Crippen LogP contribution in [0.2, 0.25) is 0 Å². The van der Waals surface area contributed by atoms with Crippen molar-refractivity contribution < 1.29 is 8.95 Å². The molecule has 0 radical (unpaired) electrons. The Morgan fingerprint density at radius 2 is 2.15 bits per heavy atom. The summed E-state index contributed by atoms with van der Waals surface area (Å²) in [6.45, 7) is 7.81. The molecule has 112 valence electrons. The minimum atomic E-state index is -0.863. The fourth-order valence-corrected chi connectivity index (χ4v) is 4.36. The fourth-order valence-electron chi connectivity index (χ4n) is 2.55. The van der Waals surface area contributed by atoms with Gasteiger partial charge in [0.15, 0.2) is 0 Å². The van der Waals surface area contributed by atoms with Crippen molar-refractivity contribution in [1.29, 1.82) is 0 Å². The van der Waals surface area contributed by atoms with Gasteiger partial charge in [0, 0.05) is 22.1 Å². The van der Waals surface area contributed by atoms with E-state index in [0.717, 1.165) is 30.0 Å². The van der Waals surface area contributed by atoms with Crippen LogP contribution in [0.4, 0.5) is 0 Å². The van der Waals surface area contributed by atoms with E-state index >= 15 is 0 Å². The first kappa shape index (κ1) is 15.5. The maximum absolute atomic E-state index is 12.7. The third-order valence-electron chi connectivity index (χ3n) is 3.94. The van der Waals surface area contributed by atoms with E-state index in [4.69, 9.17) is 4.74 Å². The Bertz CT molecular complexity index is 464. The second-order valence-electron chi connectivity index (χ2n) is 5.48. The van der Waals surface area contributed by atoms with Crippen LogP contribution in [0.15, 0.2) is 24.3 Å². The van der Waals surface area contributed by atoms with Gasteiger partial charge in [-0.05, 0) is 18.5 Å². The summed E-state index contributed by atoms with van der Waals surface area (Å²) in [6, 6.07) is 8.21. The quantitative estimate of drug-likeness (QED) is 0.877. The topological polar surface area (TPSA) is 38.3 Å². The lowest BCUT2D eigenvalue weighted by atomic mass is 10.0. The van der Waals surface area contributed by atoms with Gasteiger partial charge in [0.25, 0.3) is 0 Å². The van der Waals surface area contributed by atoms with Crippen LogP contribution in [0.3, 0.4) is 0 Å². The molecule has 1 aliphatic heterocycles. The Morgan fingerprint density at radius 1 is 1.40 bits per heavy atom. The number of hydrogen-bond donors (Lipinski definition) is 1. The summed E-state index contributed by atoms with van der Waals surface area (Å²) in [6.07, 6.45) is 1.07. The Hall–Kier alpha value is -0.870. The summed E-state index contributed by atoms with van der Waals surface area (Å²) in [4.78, 5) is 0. The first-order valence-electron chi connectivity index (χ1n) is 7.49. The summed E-state index contributed by atoms with van der Waals surface area (Å²) in [5.41, 5.74) is 1.14. The van der Waals surface area contributed by atoms with Gasteiger partial charge in [0.1, 0.15) is 12.4 Å². The predicted octanol–water partition coefficient (Wildman–Crippen LogP) is 2.89. The summed E-state index contributed by atoms with van der Waals surface area (Å²) in [5.74, 6) is 2.18. The molecule has 2 rings (SSSR count). The molecule has 20 heavy (non-hydrogen) atoms. The Kier molecular flexibility index (Phi) is 5.61. The minimum Gasteiger partial charge on any atom is -0.492 e. The molecule has 0 spiro atoms. The Balaban J connectivity index is 2.19. The highest BCUT2D eigenvalue weighted by molar-refractivity contribution is 7.85. The normalized spacial score (nSPS) is 24.6. The van der Waals surface area contributed by atoms with Crippen LogP contribution in [-0.2, 0) is 10.8 Å². The number of benzene rings is 1. The van der Waals surface area contributed by atoms with Crippen molar-refractivity contribution in [2.45, 2.75) is 38.5 Å². The molecule has 1 aromatic rings. The molecule has 1 aromatic carbocycles. The van der Waals surface area contributed by atoms with Gasteiger partial charge in [0.05, 0.1) is 11.3 Å². The van der Waals surface area contributed by atoms with Crippen LogP contribution in [0.5, 0.6) is 5.75 Å². The lowest BCUT2D eigenvalue weighted by Crippen LogP contribution is -2.43. The van der Waals surface area contributed by atoms with Crippen molar-refractivity contribution in [3.05, 3.63) is 29.8 Å². The van der Waals surface area contributed by atoms with E-state index in [0.29, 0.717) is 12.5 Å². The van der Waals surface area contributed by atoms with E-state index in [1.165, 1.54) is 0 Å². The van der Waals surface area contributed by atoms with Gasteiger partial charge in [-0.3, -0.25) is 4.21 Å². The molecule has 4 heteroatoms. The second-order valence-corrected chi connectivity index (χ2v) is 7.18. The molecule has 0 fully saturated rings. The van der Waals surface area contributed by atoms with Crippen molar-refractivity contribution in [2.75, 3.05) is 18.9 Å². The van der Waals surface area contributed by atoms with Crippen LogP contribution < -0.4 is 10.1 Å². The van der Waals surface area contributed by atoms with Crippen molar-refractivity contribution in [3.63, 3.8) is 0 Å². The number of para-hydroxylation sites is 1. The highest BCUT2D eigenvalue weighted by atomic mass is 32.2. The number of rotatable bonds is 6. The standard InChI is InChI=1S/C16H25NO2S/c1-4-12(3)11-20(18)15-10-19-14-9-7-6-8-13(14)16(15)17-5-2/h6-9,12,15-17H,4-5,10-11H2,1-3H3. The van der Waals surface area contributed by atoms with Crippen LogP contribution in [0, 0.1) is 5.92 Å². The lowest BCUT2D eigenvalue weighted by Gasteiger charge is -2.34. The first-order valence-corrected chi connectivity index (χ1v) is 8.87. The third kappa shape index (κ3) is 3.41. The maximum Gasteiger partial charge on any atom is 0.124 e. The molecule has 1 heterocycles. The van der Waals surface area contributed by atoms with Gasteiger partial charge < -0.3 is 10.1 Å². The Labute approximate surface area is 124 Å². The van der Waals surface area contributed by atoms with E-state index in [-0.39, 0.29) is 11.3 Å². The zero-order valence-electron chi connectivity index (χ0n) is 12.6. The SMILES string of the molecule is CCNC1c2ccccc2OCC1S(=O)CC(C)CC. The molecular weight excluding hydrogens is 270 g/mol. The van der Waals surface area contributed by atoms with Crippen molar-refractivity contribution in [3.8, 4) is 5.75 Å². The highest BCUT2D eigenvalue weighted by Gasteiger charge is 2.34. The molecule has 1 aliphatic rings. The number of hydrogen-bond acceptors (Lipinski definition) is 3. The van der Waals surface area contributed by atoms with E-state index in [1.807, 2.05) is 18.2 Å². The van der Waals surface area contributed by atoms with Crippen LogP contribution in [-0.4, -0.2) is 28.4 Å². The molecule has 0 bridgehead atoms. The predicted molar refractivity (Wildman–Crippen MR) is 84.6 cm³/mol. The summed E-state index contributed by atoms with van der Waals surface area (Å²) >= 11 is 0. The first-order chi connectivity index (χ1) is 9.67. The number of ether oxygens (including phenoxy) is 1. The van der Waals surface area contributed by atoms with Gasteiger partial charge in [-0.15, -0.1) is 0 Å². The smallest absolute Gasteiger partial charge is 0.124 e. The van der Waals surface area contributed by atoms with E-state index in [9.17, 15) is 4.21 Å². The molecule has 4 unspecified atom stereocenters. The average Bonchev–Trinajstić information content (AvgIpc) is 2.47. The maximum atomic E-state index is 12.7. The lowest BCUT2D eigenvalue weighted by molar-refractivity contribution is 0.259. The second kappa shape index (κ2) is 7.23. The van der Waals surface area contributed by atoms with Crippen LogP contribution in [0.1, 0.15) is 38.8 Å². The fraction of sp³-hybridized carbons (Fsp3) is 0.625. The average molecular weight is 295 g/mol. The van der Waals surface area contributed by atoms with Gasteiger partial charge in [-0.2, -0.15) is 0 Å². The van der Waals surface area contributed by atoms with Gasteiger partial charge in [-0.25, -0.2) is 0 Å². The summed E-state index contributed by atoms with van der Waals surface area (Å²) in [7, 11) is -0.863. The monoisotopic (exact) mass is 295 g/mol. The van der Waals surface area contributed by atoms with Crippen LogP contribution >= 0.6 is 0 Å². The van der Waals surface area contributed by atoms with Crippen molar-refractivity contribution in [1.82, 2.24) is 5.32 Å². The minimum absolute atomic E-state index is 0.0406. The molecule has 3 nitrogen and oxygen atoms in total. The largest absolute Gasteiger partial charge is 0.492 e. The number of nitrogens with one attached hydrogen (secondary N) is 1. The summed E-state index contributed by atoms with van der Waals surface area (Å²) in [5, 5.41) is 3.53. The molecular formula is C16H25NO2S. The zero-order chi connectivity index (χ0) is 14.5. The van der Waals surface area contributed by atoms with Crippen molar-refractivity contribution in [2.24, 2.45) is 5.92 Å². The zero-order valence-corrected chi connectivity index (χ0v) is 13.4. The van der Waals surface area contributed by atoms with Crippen LogP contribution in [0.25, 0.3) is 0 Å². The van der Waals surface area contributed by atoms with E-state index < -0.39 is 10.8 Å². The number of fused-ring (bicyclic) bond motifs is 1. The molecule has 1 N–H and O–H groups in total. The molecule has 0 aliphatic carbocycles. The van der Waals surface area contributed by atoms with Crippen molar-refractivity contribution >= 4 is 10.8 Å². The molecule has 0 amide bonds. The molecule has 0 saturated heterocycles. The third-order valence-corrected chi connectivity index (χ3v) is 5.92.